The van der Waals surface area contributed by atoms with Gasteiger partial charge in [-0.25, -0.2) is 0 Å². The van der Waals surface area contributed by atoms with Gasteiger partial charge in [0.1, 0.15) is 11.6 Å². The van der Waals surface area contributed by atoms with Crippen LogP contribution in [0.4, 0.5) is 0 Å². The molecule has 0 radical (unpaired) electrons. The number of allylic oxidation sites excluding steroid dienone is 3. The van der Waals surface area contributed by atoms with Gasteiger partial charge in [0.25, 0.3) is 5.91 Å². The van der Waals surface area contributed by atoms with Crippen LogP contribution < -0.4 is 5.32 Å². The number of carbonyl (C=O) groups is 1. The van der Waals surface area contributed by atoms with Crippen LogP contribution in [-0.4, -0.2) is 30.4 Å². The standard InChI is InChI=1S/C23H39N3O/c1-3-5-6-7-8-9-10-11-12-13-18-25-23(27)21(20-24)16-17-22-15-14-19-26(22)4-2/h16-17H,3-15,18-19H2,1-2H3,(H,25,27)/b21-16+,22-17+. The normalized spacial score (nSPS) is 16.0. The minimum atomic E-state index is -0.244. The summed E-state index contributed by atoms with van der Waals surface area (Å²) in [4.78, 5) is 14.4. The Morgan fingerprint density at radius 3 is 2.30 bits per heavy atom. The SMILES string of the molecule is CCCCCCCCCCCCNC(=O)/C(C#N)=C/C=C1\CCCN1CC. The molecule has 27 heavy (non-hydrogen) atoms. The lowest BCUT2D eigenvalue weighted by Gasteiger charge is -2.16. The molecule has 1 rings (SSSR count). The van der Waals surface area contributed by atoms with Gasteiger partial charge in [-0.15, -0.1) is 0 Å². The molecule has 0 unspecified atom stereocenters. The summed E-state index contributed by atoms with van der Waals surface area (Å²) in [6.07, 6.45) is 18.6. The van der Waals surface area contributed by atoms with Crippen molar-refractivity contribution in [3.63, 3.8) is 0 Å². The maximum atomic E-state index is 12.1. The lowest BCUT2D eigenvalue weighted by Crippen LogP contribution is -2.25. The minimum Gasteiger partial charge on any atom is -0.375 e. The molecule has 4 nitrogen and oxygen atoms in total. The fourth-order valence-electron chi connectivity index (χ4n) is 3.56. The van der Waals surface area contributed by atoms with Crippen LogP contribution in [0.15, 0.2) is 23.4 Å². The summed E-state index contributed by atoms with van der Waals surface area (Å²) >= 11 is 0. The molecule has 1 saturated heterocycles. The summed E-state index contributed by atoms with van der Waals surface area (Å²) in [5.74, 6) is -0.244. The van der Waals surface area contributed by atoms with E-state index < -0.39 is 0 Å². The fourth-order valence-corrected chi connectivity index (χ4v) is 3.56. The van der Waals surface area contributed by atoms with Gasteiger partial charge in [-0.3, -0.25) is 4.79 Å². The summed E-state index contributed by atoms with van der Waals surface area (Å²) in [6, 6.07) is 2.03. The van der Waals surface area contributed by atoms with Crippen LogP contribution in [0, 0.1) is 11.3 Å². The molecule has 1 heterocycles. The highest BCUT2D eigenvalue weighted by molar-refractivity contribution is 5.97. The first-order chi connectivity index (χ1) is 13.2. The number of amides is 1. The first-order valence-corrected chi connectivity index (χ1v) is 11.1. The fraction of sp³-hybridized carbons (Fsp3) is 0.739. The Bertz CT molecular complexity index is 516. The van der Waals surface area contributed by atoms with E-state index in [4.69, 9.17) is 0 Å². The number of carbonyl (C=O) groups excluding carboxylic acids is 1. The molecule has 152 valence electrons. The van der Waals surface area contributed by atoms with Crippen molar-refractivity contribution in [3.05, 3.63) is 23.4 Å². The lowest BCUT2D eigenvalue weighted by atomic mass is 10.1. The van der Waals surface area contributed by atoms with Crippen LogP contribution in [0.2, 0.25) is 0 Å². The molecule has 0 bridgehead atoms. The van der Waals surface area contributed by atoms with Gasteiger partial charge in [0.05, 0.1) is 0 Å². The van der Waals surface area contributed by atoms with Gasteiger partial charge in [0.15, 0.2) is 0 Å². The molecule has 0 aromatic rings. The lowest BCUT2D eigenvalue weighted by molar-refractivity contribution is -0.117. The van der Waals surface area contributed by atoms with Gasteiger partial charge in [0.2, 0.25) is 0 Å². The summed E-state index contributed by atoms with van der Waals surface area (Å²) in [5.41, 5.74) is 1.44. The topological polar surface area (TPSA) is 56.1 Å². The Balaban J connectivity index is 2.15. The Kier molecular flexibility index (Phi) is 13.2. The van der Waals surface area contributed by atoms with Gasteiger partial charge in [-0.2, -0.15) is 5.26 Å². The quantitative estimate of drug-likeness (QED) is 0.249. The van der Waals surface area contributed by atoms with Crippen LogP contribution in [0.25, 0.3) is 0 Å². The highest BCUT2D eigenvalue weighted by Gasteiger charge is 2.14. The number of nitrogens with zero attached hydrogens (tertiary/aromatic N) is 2. The Morgan fingerprint density at radius 1 is 1.07 bits per heavy atom. The molecule has 0 aromatic heterocycles. The molecule has 1 aliphatic heterocycles. The van der Waals surface area contributed by atoms with Crippen LogP contribution in [-0.2, 0) is 4.79 Å². The molecule has 1 aliphatic rings. The molecule has 1 amide bonds. The number of unbranched alkanes of at least 4 members (excludes halogenated alkanes) is 9. The molecule has 0 atom stereocenters. The van der Waals surface area contributed by atoms with Crippen molar-refractivity contribution < 1.29 is 4.79 Å². The largest absolute Gasteiger partial charge is 0.375 e. The number of likely N-dealkylation sites (tertiary alicyclic amines) is 1. The predicted molar refractivity (Wildman–Crippen MR) is 113 cm³/mol. The maximum Gasteiger partial charge on any atom is 0.261 e. The van der Waals surface area contributed by atoms with Crippen LogP contribution in [0.3, 0.4) is 0 Å². The van der Waals surface area contributed by atoms with E-state index >= 15 is 0 Å². The van der Waals surface area contributed by atoms with E-state index in [1.54, 1.807) is 6.08 Å². The van der Waals surface area contributed by atoms with Gasteiger partial charge in [-0.05, 0) is 38.3 Å². The second kappa shape index (κ2) is 15.3. The molecular weight excluding hydrogens is 334 g/mol. The van der Waals surface area contributed by atoms with E-state index in [0.29, 0.717) is 6.54 Å². The number of rotatable bonds is 14. The van der Waals surface area contributed by atoms with Crippen LogP contribution in [0.5, 0.6) is 0 Å². The number of nitriles is 1. The zero-order valence-electron chi connectivity index (χ0n) is 17.6. The predicted octanol–water partition coefficient (Wildman–Crippen LogP) is 5.47. The molecule has 0 aromatic carbocycles. The maximum absolute atomic E-state index is 12.1. The monoisotopic (exact) mass is 373 g/mol. The third-order valence-electron chi connectivity index (χ3n) is 5.27. The van der Waals surface area contributed by atoms with E-state index in [1.807, 2.05) is 12.1 Å². The zero-order chi connectivity index (χ0) is 19.7. The van der Waals surface area contributed by atoms with E-state index in [2.05, 4.69) is 24.1 Å². The molecule has 0 aliphatic carbocycles. The third kappa shape index (κ3) is 10.2. The summed E-state index contributed by atoms with van der Waals surface area (Å²) in [5, 5.41) is 12.1. The van der Waals surface area contributed by atoms with Crippen molar-refractivity contribution in [2.24, 2.45) is 0 Å². The molecule has 1 fully saturated rings. The second-order valence-electron chi connectivity index (χ2n) is 7.47. The highest BCUT2D eigenvalue weighted by Crippen LogP contribution is 2.20. The van der Waals surface area contributed by atoms with Gasteiger partial charge < -0.3 is 10.2 Å². The van der Waals surface area contributed by atoms with Crippen LogP contribution in [0.1, 0.15) is 90.9 Å². The van der Waals surface area contributed by atoms with Gasteiger partial charge in [0, 0.05) is 25.3 Å². The van der Waals surface area contributed by atoms with Crippen molar-refractivity contribution in [1.82, 2.24) is 10.2 Å². The second-order valence-corrected chi connectivity index (χ2v) is 7.47. The highest BCUT2D eigenvalue weighted by atomic mass is 16.1. The smallest absolute Gasteiger partial charge is 0.261 e. The summed E-state index contributed by atoms with van der Waals surface area (Å²) in [7, 11) is 0. The molecule has 0 saturated carbocycles. The molecule has 0 spiro atoms. The average molecular weight is 374 g/mol. The van der Waals surface area contributed by atoms with Crippen molar-refractivity contribution in [1.29, 1.82) is 5.26 Å². The molecule has 1 N–H and O–H groups in total. The van der Waals surface area contributed by atoms with Gasteiger partial charge in [-0.1, -0.05) is 64.7 Å². The van der Waals surface area contributed by atoms with E-state index in [9.17, 15) is 10.1 Å². The Morgan fingerprint density at radius 2 is 1.70 bits per heavy atom. The third-order valence-corrected chi connectivity index (χ3v) is 5.27. The van der Waals surface area contributed by atoms with Crippen molar-refractivity contribution in [2.45, 2.75) is 90.9 Å². The minimum absolute atomic E-state index is 0.206. The van der Waals surface area contributed by atoms with Crippen LogP contribution >= 0.6 is 0 Å². The first-order valence-electron chi connectivity index (χ1n) is 11.1. The zero-order valence-corrected chi connectivity index (χ0v) is 17.6. The molecule has 4 heteroatoms. The van der Waals surface area contributed by atoms with Crippen molar-refractivity contribution in [3.8, 4) is 6.07 Å². The number of hydrogen-bond donors (Lipinski definition) is 1. The van der Waals surface area contributed by atoms with E-state index in [1.165, 1.54) is 57.1 Å². The first kappa shape index (κ1) is 23.3. The summed E-state index contributed by atoms with van der Waals surface area (Å²) < 4.78 is 0. The van der Waals surface area contributed by atoms with Crippen molar-refractivity contribution >= 4 is 5.91 Å². The van der Waals surface area contributed by atoms with E-state index in [-0.39, 0.29) is 11.5 Å². The number of nitrogens with one attached hydrogen (secondary N) is 1. The Hall–Kier alpha value is -1.76. The molecular formula is C23H39N3O. The average Bonchev–Trinajstić information content (AvgIpc) is 3.14. The number of hydrogen-bond acceptors (Lipinski definition) is 3. The van der Waals surface area contributed by atoms with Gasteiger partial charge >= 0.3 is 0 Å². The Labute approximate surface area is 166 Å². The van der Waals surface area contributed by atoms with E-state index in [0.717, 1.165) is 38.8 Å². The van der Waals surface area contributed by atoms with Crippen molar-refractivity contribution in [2.75, 3.05) is 19.6 Å². The summed E-state index contributed by atoms with van der Waals surface area (Å²) in [6.45, 7) is 7.09.